The van der Waals surface area contributed by atoms with Crippen LogP contribution in [0.4, 0.5) is 0 Å². The van der Waals surface area contributed by atoms with Crippen LogP contribution in [0.3, 0.4) is 0 Å². The maximum Gasteiger partial charge on any atom is 0.234 e. The lowest BCUT2D eigenvalue weighted by atomic mass is 9.96. The number of aryl methyl sites for hydroxylation is 1. The third kappa shape index (κ3) is 3.60. The van der Waals surface area contributed by atoms with E-state index in [1.54, 1.807) is 0 Å². The molecule has 3 rings (SSSR count). The molecule has 1 aliphatic carbocycles. The van der Waals surface area contributed by atoms with Gasteiger partial charge in [-0.3, -0.25) is 9.69 Å². The number of aromatic nitrogens is 2. The van der Waals surface area contributed by atoms with E-state index in [4.69, 9.17) is 0 Å². The van der Waals surface area contributed by atoms with Crippen molar-refractivity contribution in [2.24, 2.45) is 5.92 Å². The zero-order valence-corrected chi connectivity index (χ0v) is 12.2. The van der Waals surface area contributed by atoms with Crippen molar-refractivity contribution in [3.63, 3.8) is 0 Å². The first-order valence-electron chi connectivity index (χ1n) is 7.70. The van der Waals surface area contributed by atoms with Gasteiger partial charge in [0, 0.05) is 25.0 Å². The lowest BCUT2D eigenvalue weighted by Crippen LogP contribution is -2.42. The molecule has 2 heterocycles. The van der Waals surface area contributed by atoms with Gasteiger partial charge in [-0.1, -0.05) is 0 Å². The summed E-state index contributed by atoms with van der Waals surface area (Å²) in [5, 5.41) is 3.06. The predicted octanol–water partition coefficient (Wildman–Crippen LogP) is 1.18. The first-order valence-corrected chi connectivity index (χ1v) is 7.70. The number of nitrogens with zero attached hydrogens (tertiary/aromatic N) is 3. The van der Waals surface area contributed by atoms with Crippen molar-refractivity contribution in [3.8, 4) is 0 Å². The van der Waals surface area contributed by atoms with Crippen LogP contribution in [0, 0.1) is 12.8 Å². The Morgan fingerprint density at radius 2 is 2.10 bits per heavy atom. The van der Waals surface area contributed by atoms with E-state index in [2.05, 4.69) is 32.9 Å². The average molecular weight is 276 g/mol. The van der Waals surface area contributed by atoms with E-state index < -0.39 is 0 Å². The van der Waals surface area contributed by atoms with Gasteiger partial charge in [-0.2, -0.15) is 0 Å². The number of imidazole rings is 1. The van der Waals surface area contributed by atoms with Crippen molar-refractivity contribution in [3.05, 3.63) is 18.2 Å². The SMILES string of the molecule is Cc1nccn1CC1CCN(CC(=O)NC2CC2)CC1. The van der Waals surface area contributed by atoms with Crippen LogP contribution in [-0.2, 0) is 11.3 Å². The van der Waals surface area contributed by atoms with E-state index in [1.165, 1.54) is 12.8 Å². The van der Waals surface area contributed by atoms with E-state index in [-0.39, 0.29) is 5.91 Å². The quantitative estimate of drug-likeness (QED) is 0.878. The fraction of sp³-hybridized carbons (Fsp3) is 0.733. The van der Waals surface area contributed by atoms with Crippen LogP contribution < -0.4 is 5.32 Å². The molecule has 110 valence electrons. The highest BCUT2D eigenvalue weighted by Crippen LogP contribution is 2.20. The summed E-state index contributed by atoms with van der Waals surface area (Å²) >= 11 is 0. The molecule has 5 nitrogen and oxygen atoms in total. The monoisotopic (exact) mass is 276 g/mol. The Balaban J connectivity index is 1.40. The van der Waals surface area contributed by atoms with Gasteiger partial charge in [0.2, 0.25) is 5.91 Å². The highest BCUT2D eigenvalue weighted by Gasteiger charge is 2.25. The Labute approximate surface area is 120 Å². The lowest BCUT2D eigenvalue weighted by molar-refractivity contribution is -0.122. The van der Waals surface area contributed by atoms with E-state index in [0.717, 1.165) is 38.3 Å². The second kappa shape index (κ2) is 5.95. The van der Waals surface area contributed by atoms with Gasteiger partial charge in [-0.25, -0.2) is 4.98 Å². The van der Waals surface area contributed by atoms with Crippen molar-refractivity contribution in [1.29, 1.82) is 0 Å². The Morgan fingerprint density at radius 3 is 2.70 bits per heavy atom. The van der Waals surface area contributed by atoms with Crippen LogP contribution in [0.2, 0.25) is 0 Å². The maximum atomic E-state index is 11.8. The van der Waals surface area contributed by atoms with Crippen molar-refractivity contribution in [2.45, 2.75) is 45.2 Å². The molecule has 0 radical (unpaired) electrons. The van der Waals surface area contributed by atoms with E-state index in [1.807, 2.05) is 6.20 Å². The Morgan fingerprint density at radius 1 is 1.35 bits per heavy atom. The second-order valence-electron chi connectivity index (χ2n) is 6.19. The van der Waals surface area contributed by atoms with Gasteiger partial charge >= 0.3 is 0 Å². The molecule has 1 amide bonds. The third-order valence-electron chi connectivity index (χ3n) is 4.40. The number of rotatable bonds is 5. The summed E-state index contributed by atoms with van der Waals surface area (Å²) in [6, 6.07) is 0.476. The summed E-state index contributed by atoms with van der Waals surface area (Å²) in [5.41, 5.74) is 0. The largest absolute Gasteiger partial charge is 0.352 e. The molecule has 1 saturated carbocycles. The van der Waals surface area contributed by atoms with Gasteiger partial charge in [0.05, 0.1) is 6.54 Å². The van der Waals surface area contributed by atoms with Gasteiger partial charge < -0.3 is 9.88 Å². The van der Waals surface area contributed by atoms with Gasteiger partial charge in [0.25, 0.3) is 0 Å². The number of likely N-dealkylation sites (tertiary alicyclic amines) is 1. The molecule has 0 bridgehead atoms. The molecule has 1 aliphatic heterocycles. The number of nitrogens with one attached hydrogen (secondary N) is 1. The molecular weight excluding hydrogens is 252 g/mol. The first kappa shape index (κ1) is 13.6. The third-order valence-corrected chi connectivity index (χ3v) is 4.40. The molecule has 2 fully saturated rings. The fourth-order valence-electron chi connectivity index (χ4n) is 2.91. The lowest BCUT2D eigenvalue weighted by Gasteiger charge is -2.31. The van der Waals surface area contributed by atoms with Crippen molar-refractivity contribution < 1.29 is 4.79 Å². The van der Waals surface area contributed by atoms with E-state index in [9.17, 15) is 4.79 Å². The molecule has 1 N–H and O–H groups in total. The van der Waals surface area contributed by atoms with Crippen molar-refractivity contribution in [2.75, 3.05) is 19.6 Å². The fourth-order valence-corrected chi connectivity index (χ4v) is 2.91. The minimum absolute atomic E-state index is 0.205. The zero-order valence-electron chi connectivity index (χ0n) is 12.2. The van der Waals surface area contributed by atoms with Crippen molar-refractivity contribution in [1.82, 2.24) is 19.8 Å². The molecule has 0 aromatic carbocycles. The number of carbonyl (C=O) groups is 1. The molecule has 1 aromatic heterocycles. The predicted molar refractivity (Wildman–Crippen MR) is 77.3 cm³/mol. The highest BCUT2D eigenvalue weighted by molar-refractivity contribution is 5.78. The molecule has 0 spiro atoms. The van der Waals surface area contributed by atoms with Crippen molar-refractivity contribution >= 4 is 5.91 Å². The normalized spacial score (nSPS) is 21.1. The molecule has 5 heteroatoms. The van der Waals surface area contributed by atoms with Crippen LogP contribution in [0.1, 0.15) is 31.5 Å². The standard InChI is InChI=1S/C15H24N4O/c1-12-16-6-9-19(12)10-13-4-7-18(8-5-13)11-15(20)17-14-2-3-14/h6,9,13-14H,2-5,7-8,10-11H2,1H3,(H,17,20). The summed E-state index contributed by atoms with van der Waals surface area (Å²) in [6.45, 7) is 5.77. The molecule has 2 aliphatic rings. The molecule has 1 aromatic rings. The smallest absolute Gasteiger partial charge is 0.234 e. The molecule has 0 atom stereocenters. The van der Waals surface area contributed by atoms with E-state index >= 15 is 0 Å². The Kier molecular flexibility index (Phi) is 4.05. The summed E-state index contributed by atoms with van der Waals surface area (Å²) < 4.78 is 2.24. The Hall–Kier alpha value is -1.36. The van der Waals surface area contributed by atoms with Gasteiger partial charge in [-0.05, 0) is 51.6 Å². The molecular formula is C15H24N4O. The van der Waals surface area contributed by atoms with Crippen LogP contribution in [0.5, 0.6) is 0 Å². The first-order chi connectivity index (χ1) is 9.70. The van der Waals surface area contributed by atoms with Crippen LogP contribution >= 0.6 is 0 Å². The maximum absolute atomic E-state index is 11.8. The van der Waals surface area contributed by atoms with Crippen LogP contribution in [0.25, 0.3) is 0 Å². The number of carbonyl (C=O) groups excluding carboxylic acids is 1. The number of hydrogen-bond donors (Lipinski definition) is 1. The van der Waals surface area contributed by atoms with Gasteiger partial charge in [-0.15, -0.1) is 0 Å². The number of piperidine rings is 1. The second-order valence-corrected chi connectivity index (χ2v) is 6.19. The molecule has 0 unspecified atom stereocenters. The Bertz CT molecular complexity index is 458. The van der Waals surface area contributed by atoms with Crippen LogP contribution in [0.15, 0.2) is 12.4 Å². The number of hydrogen-bond acceptors (Lipinski definition) is 3. The number of amides is 1. The topological polar surface area (TPSA) is 50.2 Å². The summed E-state index contributed by atoms with van der Waals surface area (Å²) in [5.74, 6) is 2.01. The minimum Gasteiger partial charge on any atom is -0.352 e. The summed E-state index contributed by atoms with van der Waals surface area (Å²) in [4.78, 5) is 18.3. The summed E-state index contributed by atoms with van der Waals surface area (Å²) in [7, 11) is 0. The van der Waals surface area contributed by atoms with Crippen LogP contribution in [-0.4, -0.2) is 46.0 Å². The minimum atomic E-state index is 0.205. The average Bonchev–Trinajstić information content (AvgIpc) is 3.15. The van der Waals surface area contributed by atoms with E-state index in [0.29, 0.717) is 18.5 Å². The molecule has 20 heavy (non-hydrogen) atoms. The molecule has 1 saturated heterocycles. The highest BCUT2D eigenvalue weighted by atomic mass is 16.2. The van der Waals surface area contributed by atoms with Gasteiger partial charge in [0.1, 0.15) is 5.82 Å². The zero-order chi connectivity index (χ0) is 13.9. The summed E-state index contributed by atoms with van der Waals surface area (Å²) in [6.07, 6.45) is 8.61. The van der Waals surface area contributed by atoms with Gasteiger partial charge in [0.15, 0.2) is 0 Å².